The normalized spacial score (nSPS) is 13.7. The fraction of sp³-hybridized carbons (Fsp3) is 0.333. The Morgan fingerprint density at radius 1 is 1.41 bits per heavy atom. The predicted molar refractivity (Wildman–Crippen MR) is 65.3 cm³/mol. The van der Waals surface area contributed by atoms with Gasteiger partial charge in [0.25, 0.3) is 0 Å². The van der Waals surface area contributed by atoms with E-state index in [1.54, 1.807) is 6.92 Å². The molecule has 0 saturated heterocycles. The highest BCUT2D eigenvalue weighted by Gasteiger charge is 2.24. The van der Waals surface area contributed by atoms with E-state index >= 15 is 0 Å². The van der Waals surface area contributed by atoms with Crippen LogP contribution in [0.2, 0.25) is 10.0 Å². The summed E-state index contributed by atoms with van der Waals surface area (Å²) >= 11 is 11.3. The van der Waals surface area contributed by atoms with E-state index in [0.717, 1.165) is 12.1 Å². The van der Waals surface area contributed by atoms with Gasteiger partial charge >= 0.3 is 0 Å². The smallest absolute Gasteiger partial charge is 0.243 e. The van der Waals surface area contributed by atoms with Gasteiger partial charge in [-0.15, -0.1) is 0 Å². The molecule has 0 saturated carbocycles. The lowest BCUT2D eigenvalue weighted by Crippen LogP contribution is -2.38. The maximum absolute atomic E-state index is 12.9. The van der Waals surface area contributed by atoms with Crippen LogP contribution in [0.25, 0.3) is 0 Å². The molecule has 3 N–H and O–H groups in total. The Hall–Kier alpha value is -0.400. The molecule has 4 nitrogen and oxygen atoms in total. The minimum absolute atomic E-state index is 0.121. The van der Waals surface area contributed by atoms with Crippen molar-refractivity contribution in [1.29, 1.82) is 0 Å². The van der Waals surface area contributed by atoms with Gasteiger partial charge in [0.15, 0.2) is 0 Å². The molecule has 0 radical (unpaired) electrons. The van der Waals surface area contributed by atoms with Crippen molar-refractivity contribution in [3.63, 3.8) is 0 Å². The molecule has 1 atom stereocenters. The second-order valence-corrected chi connectivity index (χ2v) is 5.92. The molecule has 0 aromatic heterocycles. The van der Waals surface area contributed by atoms with Crippen LogP contribution in [0.1, 0.15) is 6.92 Å². The van der Waals surface area contributed by atoms with Crippen molar-refractivity contribution in [3.05, 3.63) is 28.0 Å². The average molecular weight is 301 g/mol. The second-order valence-electron chi connectivity index (χ2n) is 3.46. The number of nitrogens with one attached hydrogen (secondary N) is 1. The summed E-state index contributed by atoms with van der Waals surface area (Å²) in [6.07, 6.45) is 0. The lowest BCUT2D eigenvalue weighted by molar-refractivity contribution is 0.562. The van der Waals surface area contributed by atoms with Crippen molar-refractivity contribution < 1.29 is 12.8 Å². The molecule has 1 aromatic carbocycles. The molecule has 0 amide bonds. The maximum atomic E-state index is 12.9. The van der Waals surface area contributed by atoms with Crippen molar-refractivity contribution in [2.75, 3.05) is 6.54 Å². The molecule has 1 rings (SSSR count). The summed E-state index contributed by atoms with van der Waals surface area (Å²) in [6.45, 7) is 1.71. The van der Waals surface area contributed by atoms with Gasteiger partial charge in [0.1, 0.15) is 10.7 Å². The Morgan fingerprint density at radius 3 is 2.29 bits per heavy atom. The highest BCUT2D eigenvalue weighted by Crippen LogP contribution is 2.30. The van der Waals surface area contributed by atoms with Gasteiger partial charge in [-0.25, -0.2) is 17.5 Å². The van der Waals surface area contributed by atoms with E-state index in [-0.39, 0.29) is 21.5 Å². The maximum Gasteiger partial charge on any atom is 0.243 e. The van der Waals surface area contributed by atoms with Gasteiger partial charge in [-0.05, 0) is 19.1 Å². The molecular weight excluding hydrogens is 290 g/mol. The van der Waals surface area contributed by atoms with E-state index in [4.69, 9.17) is 28.9 Å². The number of hydrogen-bond donors (Lipinski definition) is 2. The fourth-order valence-corrected chi connectivity index (χ4v) is 3.60. The molecule has 0 aliphatic heterocycles. The highest BCUT2D eigenvalue weighted by molar-refractivity contribution is 7.89. The Balaban J connectivity index is 3.25. The van der Waals surface area contributed by atoms with Crippen LogP contribution in [0.5, 0.6) is 0 Å². The molecule has 0 heterocycles. The van der Waals surface area contributed by atoms with E-state index < -0.39 is 21.9 Å². The van der Waals surface area contributed by atoms with Crippen LogP contribution in [0, 0.1) is 5.82 Å². The van der Waals surface area contributed by atoms with E-state index in [9.17, 15) is 12.8 Å². The fourth-order valence-electron chi connectivity index (χ4n) is 1.16. The molecule has 0 aliphatic carbocycles. The van der Waals surface area contributed by atoms with Crippen molar-refractivity contribution in [1.82, 2.24) is 4.72 Å². The highest BCUT2D eigenvalue weighted by atomic mass is 35.5. The lowest BCUT2D eigenvalue weighted by Gasteiger charge is -2.14. The first kappa shape index (κ1) is 14.7. The van der Waals surface area contributed by atoms with Crippen molar-refractivity contribution in [2.24, 2.45) is 5.73 Å². The Labute approximate surface area is 109 Å². The van der Waals surface area contributed by atoms with Gasteiger partial charge in [0.05, 0.1) is 10.0 Å². The summed E-state index contributed by atoms with van der Waals surface area (Å²) in [7, 11) is -3.91. The number of rotatable bonds is 4. The molecule has 0 aliphatic rings. The van der Waals surface area contributed by atoms with Gasteiger partial charge < -0.3 is 5.73 Å². The minimum Gasteiger partial charge on any atom is -0.329 e. The van der Waals surface area contributed by atoms with Crippen molar-refractivity contribution in [2.45, 2.75) is 17.9 Å². The Kier molecular flexibility index (Phi) is 4.74. The van der Waals surface area contributed by atoms with Crippen LogP contribution in [-0.2, 0) is 10.0 Å². The SMILES string of the molecule is C[C@H](CN)NS(=O)(=O)c1c(Cl)cc(F)cc1Cl. The third-order valence-electron chi connectivity index (χ3n) is 1.94. The Bertz CT molecular complexity index is 499. The number of benzene rings is 1. The molecule has 0 fully saturated rings. The van der Waals surface area contributed by atoms with Crippen LogP contribution < -0.4 is 10.5 Å². The summed E-state index contributed by atoms with van der Waals surface area (Å²) in [5.74, 6) is -0.703. The molecule has 0 unspecified atom stereocenters. The van der Waals surface area contributed by atoms with Crippen LogP contribution >= 0.6 is 23.2 Å². The summed E-state index contributed by atoms with van der Waals surface area (Å²) < 4.78 is 39.0. The van der Waals surface area contributed by atoms with Gasteiger partial charge in [-0.1, -0.05) is 23.2 Å². The quantitative estimate of drug-likeness (QED) is 0.890. The molecule has 96 valence electrons. The first-order valence-electron chi connectivity index (χ1n) is 4.65. The molecule has 0 bridgehead atoms. The second kappa shape index (κ2) is 5.49. The summed E-state index contributed by atoms with van der Waals surface area (Å²) in [5, 5.41) is -0.543. The molecule has 1 aromatic rings. The van der Waals surface area contributed by atoms with Crippen LogP contribution in [0.4, 0.5) is 4.39 Å². The third-order valence-corrected chi connectivity index (χ3v) is 4.45. The van der Waals surface area contributed by atoms with E-state index in [1.807, 2.05) is 0 Å². The summed E-state index contributed by atoms with van der Waals surface area (Å²) in [6, 6.07) is 1.29. The van der Waals surface area contributed by atoms with E-state index in [2.05, 4.69) is 4.72 Å². The lowest BCUT2D eigenvalue weighted by atomic mass is 10.3. The van der Waals surface area contributed by atoms with E-state index in [1.165, 1.54) is 0 Å². The third kappa shape index (κ3) is 3.53. The average Bonchev–Trinajstić information content (AvgIpc) is 2.14. The number of nitrogens with two attached hydrogens (primary N) is 1. The topological polar surface area (TPSA) is 72.2 Å². The van der Waals surface area contributed by atoms with Crippen LogP contribution in [0.3, 0.4) is 0 Å². The van der Waals surface area contributed by atoms with Crippen LogP contribution in [0.15, 0.2) is 17.0 Å². The summed E-state index contributed by atoms with van der Waals surface area (Å²) in [4.78, 5) is -0.345. The van der Waals surface area contributed by atoms with Gasteiger partial charge in [0, 0.05) is 12.6 Å². The first-order chi connectivity index (χ1) is 7.77. The minimum atomic E-state index is -3.91. The number of halogens is 3. The van der Waals surface area contributed by atoms with Crippen molar-refractivity contribution in [3.8, 4) is 0 Å². The van der Waals surface area contributed by atoms with Gasteiger partial charge in [0.2, 0.25) is 10.0 Å². The molecule has 17 heavy (non-hydrogen) atoms. The largest absolute Gasteiger partial charge is 0.329 e. The summed E-state index contributed by atoms with van der Waals surface area (Å²) in [5.41, 5.74) is 5.30. The zero-order chi connectivity index (χ0) is 13.2. The first-order valence-corrected chi connectivity index (χ1v) is 6.88. The van der Waals surface area contributed by atoms with Gasteiger partial charge in [-0.3, -0.25) is 0 Å². The number of sulfonamides is 1. The molecular formula is C9H11Cl2FN2O2S. The zero-order valence-corrected chi connectivity index (χ0v) is 11.2. The van der Waals surface area contributed by atoms with Gasteiger partial charge in [-0.2, -0.15) is 0 Å². The standard InChI is InChI=1S/C9H11Cl2FN2O2S/c1-5(4-13)14-17(15,16)9-7(10)2-6(12)3-8(9)11/h2-3,5,14H,4,13H2,1H3/t5-/m1/s1. The number of hydrogen-bond acceptors (Lipinski definition) is 3. The van der Waals surface area contributed by atoms with Crippen molar-refractivity contribution >= 4 is 33.2 Å². The molecule has 0 spiro atoms. The zero-order valence-electron chi connectivity index (χ0n) is 8.88. The van der Waals surface area contributed by atoms with E-state index in [0.29, 0.717) is 0 Å². The predicted octanol–water partition coefficient (Wildman–Crippen LogP) is 1.76. The molecule has 8 heteroatoms. The Morgan fingerprint density at radius 2 is 1.88 bits per heavy atom. The monoisotopic (exact) mass is 300 g/mol. The van der Waals surface area contributed by atoms with Crippen LogP contribution in [-0.4, -0.2) is 21.0 Å².